The average Bonchev–Trinajstić information content (AvgIpc) is 2.64. The maximum absolute atomic E-state index is 11.7. The molecule has 1 atom stereocenters. The van der Waals surface area contributed by atoms with Gasteiger partial charge in [-0.25, -0.2) is 18.5 Å². The molecule has 0 aromatic carbocycles. The Kier molecular flexibility index (Phi) is 3.42. The van der Waals surface area contributed by atoms with E-state index in [0.29, 0.717) is 3.57 Å². The molecular formula is C8H9IN4O4S. The summed E-state index contributed by atoms with van der Waals surface area (Å²) in [5.74, 6) is -0.394. The quantitative estimate of drug-likeness (QED) is 0.618. The van der Waals surface area contributed by atoms with E-state index in [0.717, 1.165) is 4.90 Å². The van der Waals surface area contributed by atoms with Gasteiger partial charge in [-0.15, -0.1) is 0 Å². The number of carbonyl (C=O) groups is 1. The van der Waals surface area contributed by atoms with E-state index in [1.165, 1.54) is 6.20 Å². The molecule has 0 saturated carbocycles. The zero-order valence-corrected chi connectivity index (χ0v) is 11.9. The van der Waals surface area contributed by atoms with Crippen molar-refractivity contribution in [1.29, 1.82) is 0 Å². The molecule has 1 unspecified atom stereocenters. The topological polar surface area (TPSA) is 126 Å². The van der Waals surface area contributed by atoms with Gasteiger partial charge in [0.05, 0.1) is 3.57 Å². The van der Waals surface area contributed by atoms with Crippen molar-refractivity contribution >= 4 is 44.5 Å². The number of carbonyl (C=O) groups excluding carboxylic acids is 1. The number of aromatic nitrogens is 2. The molecule has 0 bridgehead atoms. The minimum absolute atomic E-state index is 0.0385. The van der Waals surface area contributed by atoms with Gasteiger partial charge < -0.3 is 0 Å². The molecule has 98 valence electrons. The van der Waals surface area contributed by atoms with E-state index in [2.05, 4.69) is 9.97 Å². The van der Waals surface area contributed by atoms with Gasteiger partial charge in [0, 0.05) is 19.2 Å². The van der Waals surface area contributed by atoms with Crippen molar-refractivity contribution in [3.05, 3.63) is 20.1 Å². The fourth-order valence-electron chi connectivity index (χ4n) is 1.61. The fraction of sp³-hybridized carbons (Fsp3) is 0.375. The predicted octanol–water partition coefficient (Wildman–Crippen LogP) is -1.23. The summed E-state index contributed by atoms with van der Waals surface area (Å²) in [7, 11) is -3.78. The van der Waals surface area contributed by atoms with Crippen LogP contribution in [0.1, 0.15) is 6.42 Å². The summed E-state index contributed by atoms with van der Waals surface area (Å²) < 4.78 is 22.7. The summed E-state index contributed by atoms with van der Waals surface area (Å²) in [5.41, 5.74) is -0.382. The average molecular weight is 384 g/mol. The summed E-state index contributed by atoms with van der Waals surface area (Å²) in [5, 5.41) is 4.03. The molecular weight excluding hydrogens is 375 g/mol. The summed E-state index contributed by atoms with van der Waals surface area (Å²) >= 11 is 1.80. The maximum atomic E-state index is 11.7. The van der Waals surface area contributed by atoms with Crippen molar-refractivity contribution in [3.63, 3.8) is 0 Å². The Labute approximate surface area is 116 Å². The highest BCUT2D eigenvalue weighted by Crippen LogP contribution is 2.20. The first kappa shape index (κ1) is 13.4. The SMILES string of the molecule is NS(=O)(=O)C1CC(=O)N(c2ncc(I)c(=O)[nH]2)C1. The number of hydrogen-bond donors (Lipinski definition) is 2. The van der Waals surface area contributed by atoms with Crippen LogP contribution in [0.2, 0.25) is 0 Å². The van der Waals surface area contributed by atoms with E-state index in [1.807, 2.05) is 0 Å². The van der Waals surface area contributed by atoms with Gasteiger partial charge in [0.25, 0.3) is 5.56 Å². The zero-order valence-electron chi connectivity index (χ0n) is 8.96. The molecule has 0 spiro atoms. The lowest BCUT2D eigenvalue weighted by Gasteiger charge is -2.14. The first-order valence-electron chi connectivity index (χ1n) is 4.86. The number of primary sulfonamides is 1. The molecule has 1 aliphatic rings. The van der Waals surface area contributed by atoms with E-state index in [9.17, 15) is 18.0 Å². The van der Waals surface area contributed by atoms with Crippen molar-refractivity contribution in [2.24, 2.45) is 5.14 Å². The van der Waals surface area contributed by atoms with E-state index in [4.69, 9.17) is 5.14 Å². The normalized spacial score (nSPS) is 20.4. The number of anilines is 1. The zero-order chi connectivity index (χ0) is 13.5. The van der Waals surface area contributed by atoms with Crippen LogP contribution in [-0.4, -0.2) is 36.1 Å². The lowest BCUT2D eigenvalue weighted by atomic mass is 10.4. The third-order valence-electron chi connectivity index (χ3n) is 2.55. The second-order valence-corrected chi connectivity index (χ2v) is 6.81. The lowest BCUT2D eigenvalue weighted by Crippen LogP contribution is -2.33. The van der Waals surface area contributed by atoms with Gasteiger partial charge in [-0.2, -0.15) is 0 Å². The van der Waals surface area contributed by atoms with Crippen LogP contribution in [0.5, 0.6) is 0 Å². The van der Waals surface area contributed by atoms with Crippen LogP contribution in [-0.2, 0) is 14.8 Å². The van der Waals surface area contributed by atoms with Crippen molar-refractivity contribution < 1.29 is 13.2 Å². The molecule has 2 heterocycles. The van der Waals surface area contributed by atoms with Gasteiger partial charge in [0.1, 0.15) is 5.25 Å². The van der Waals surface area contributed by atoms with Gasteiger partial charge in [-0.05, 0) is 22.6 Å². The predicted molar refractivity (Wildman–Crippen MR) is 71.4 cm³/mol. The summed E-state index contributed by atoms with van der Waals surface area (Å²) in [4.78, 5) is 30.5. The number of H-pyrrole nitrogens is 1. The molecule has 1 saturated heterocycles. The van der Waals surface area contributed by atoms with E-state index >= 15 is 0 Å². The molecule has 8 nitrogen and oxygen atoms in total. The van der Waals surface area contributed by atoms with Crippen LogP contribution in [0.3, 0.4) is 0 Å². The number of nitrogens with zero attached hydrogens (tertiary/aromatic N) is 2. The smallest absolute Gasteiger partial charge is 0.265 e. The standard InChI is InChI=1S/C8H9IN4O4S/c9-5-2-11-8(12-7(5)15)13-3-4(1-6(13)14)18(10,16)17/h2,4H,1,3H2,(H2,10,16,17)(H,11,12,15). The first-order valence-corrected chi connectivity index (χ1v) is 7.54. The fourth-order valence-corrected chi connectivity index (χ4v) is 2.61. The maximum Gasteiger partial charge on any atom is 0.265 e. The van der Waals surface area contributed by atoms with E-state index in [1.54, 1.807) is 22.6 Å². The van der Waals surface area contributed by atoms with Crippen LogP contribution in [0, 0.1) is 3.57 Å². The molecule has 2 rings (SSSR count). The Bertz CT molecular complexity index is 655. The first-order chi connectivity index (χ1) is 8.29. The van der Waals surface area contributed by atoms with Gasteiger partial charge in [0.2, 0.25) is 21.9 Å². The minimum Gasteiger partial charge on any atom is -0.291 e. The molecule has 1 amide bonds. The summed E-state index contributed by atoms with van der Waals surface area (Å²) in [6.07, 6.45) is 1.11. The van der Waals surface area contributed by atoms with Gasteiger partial charge in [-0.3, -0.25) is 19.5 Å². The molecule has 0 aliphatic carbocycles. The van der Waals surface area contributed by atoms with Crippen LogP contribution in [0.25, 0.3) is 0 Å². The van der Waals surface area contributed by atoms with Gasteiger partial charge in [-0.1, -0.05) is 0 Å². The number of sulfonamides is 1. The van der Waals surface area contributed by atoms with E-state index < -0.39 is 21.2 Å². The van der Waals surface area contributed by atoms with Gasteiger partial charge >= 0.3 is 0 Å². The van der Waals surface area contributed by atoms with Crippen molar-refractivity contribution in [1.82, 2.24) is 9.97 Å². The Morgan fingerprint density at radius 3 is 2.67 bits per heavy atom. The largest absolute Gasteiger partial charge is 0.291 e. The second-order valence-electron chi connectivity index (χ2n) is 3.80. The molecule has 0 radical (unpaired) electrons. The van der Waals surface area contributed by atoms with Crippen molar-refractivity contribution in [2.75, 3.05) is 11.4 Å². The highest BCUT2D eigenvalue weighted by Gasteiger charge is 2.38. The Hall–Kier alpha value is -1.01. The molecule has 10 heteroatoms. The Balaban J connectivity index is 2.33. The molecule has 1 aliphatic heterocycles. The molecule has 18 heavy (non-hydrogen) atoms. The van der Waals surface area contributed by atoms with Crippen LogP contribution in [0.15, 0.2) is 11.0 Å². The summed E-state index contributed by atoms with van der Waals surface area (Å²) in [6, 6.07) is 0. The second kappa shape index (κ2) is 4.59. The van der Waals surface area contributed by atoms with Crippen molar-refractivity contribution in [3.8, 4) is 0 Å². The minimum atomic E-state index is -3.78. The lowest BCUT2D eigenvalue weighted by molar-refractivity contribution is -0.117. The number of nitrogens with one attached hydrogen (secondary N) is 1. The Morgan fingerprint density at radius 1 is 1.50 bits per heavy atom. The number of halogens is 1. The van der Waals surface area contributed by atoms with E-state index in [-0.39, 0.29) is 24.5 Å². The third-order valence-corrected chi connectivity index (χ3v) is 4.57. The molecule has 1 fully saturated rings. The monoisotopic (exact) mass is 384 g/mol. The highest BCUT2D eigenvalue weighted by molar-refractivity contribution is 14.1. The Morgan fingerprint density at radius 2 is 2.17 bits per heavy atom. The highest BCUT2D eigenvalue weighted by atomic mass is 127. The molecule has 3 N–H and O–H groups in total. The molecule has 1 aromatic heterocycles. The number of amides is 1. The summed E-state index contributed by atoms with van der Waals surface area (Å²) in [6.45, 7) is -0.0960. The van der Waals surface area contributed by atoms with Gasteiger partial charge in [0.15, 0.2) is 0 Å². The number of aromatic amines is 1. The van der Waals surface area contributed by atoms with Crippen LogP contribution >= 0.6 is 22.6 Å². The number of nitrogens with two attached hydrogens (primary N) is 1. The molecule has 1 aromatic rings. The number of rotatable bonds is 2. The van der Waals surface area contributed by atoms with Crippen molar-refractivity contribution in [2.45, 2.75) is 11.7 Å². The number of hydrogen-bond acceptors (Lipinski definition) is 5. The van der Waals surface area contributed by atoms with Crippen LogP contribution in [0.4, 0.5) is 5.95 Å². The van der Waals surface area contributed by atoms with Crippen LogP contribution < -0.4 is 15.6 Å². The third kappa shape index (κ3) is 2.54.